The average molecular weight is 429 g/mol. The van der Waals surface area contributed by atoms with Gasteiger partial charge < -0.3 is 4.90 Å². The molecule has 0 atom stereocenters. The number of hydrogen-bond acceptors (Lipinski definition) is 6. The zero-order valence-corrected chi connectivity index (χ0v) is 17.6. The van der Waals surface area contributed by atoms with Gasteiger partial charge >= 0.3 is 0 Å². The van der Waals surface area contributed by atoms with Gasteiger partial charge in [0.15, 0.2) is 5.69 Å². The van der Waals surface area contributed by atoms with Crippen LogP contribution in [0.2, 0.25) is 0 Å². The molecule has 1 aliphatic rings. The zero-order valence-electron chi connectivity index (χ0n) is 16.8. The lowest BCUT2D eigenvalue weighted by atomic mass is 10.1. The summed E-state index contributed by atoms with van der Waals surface area (Å²) in [6.45, 7) is 1.96. The molecule has 10 heteroatoms. The number of benzene rings is 1. The summed E-state index contributed by atoms with van der Waals surface area (Å²) in [6.07, 6.45) is 6.31. The fourth-order valence-corrected chi connectivity index (χ4v) is 4.90. The number of piperidine rings is 1. The molecule has 3 heterocycles. The van der Waals surface area contributed by atoms with E-state index >= 15 is 0 Å². The Hall–Kier alpha value is -2.85. The fourth-order valence-electron chi connectivity index (χ4n) is 3.58. The van der Waals surface area contributed by atoms with Crippen LogP contribution in [-0.4, -0.2) is 70.2 Å². The first-order valence-electron chi connectivity index (χ1n) is 9.96. The molecule has 4 rings (SSSR count). The van der Waals surface area contributed by atoms with Gasteiger partial charge in [-0.3, -0.25) is 14.5 Å². The maximum atomic E-state index is 13.1. The van der Waals surface area contributed by atoms with Gasteiger partial charge in [-0.05, 0) is 31.4 Å². The minimum absolute atomic E-state index is 0.122. The van der Waals surface area contributed by atoms with Gasteiger partial charge in [0.2, 0.25) is 10.0 Å². The molecule has 0 N–H and O–H groups in total. The predicted octanol–water partition coefficient (Wildman–Crippen LogP) is 1.77. The van der Waals surface area contributed by atoms with Crippen LogP contribution in [-0.2, 0) is 16.6 Å². The number of nitrogens with zero attached hydrogens (tertiary/aromatic N) is 6. The molecule has 0 bridgehead atoms. The summed E-state index contributed by atoms with van der Waals surface area (Å²) >= 11 is 0. The van der Waals surface area contributed by atoms with Gasteiger partial charge in [0.25, 0.3) is 5.91 Å². The SMILES string of the molecule is CN(CCn1cc(C(=O)N2CCCCC2)nn1)S(=O)(=O)c1cccc2cccnc12. The molecule has 0 unspecified atom stereocenters. The molecule has 1 fully saturated rings. The van der Waals surface area contributed by atoms with E-state index in [2.05, 4.69) is 15.3 Å². The van der Waals surface area contributed by atoms with Crippen molar-refractivity contribution in [2.24, 2.45) is 0 Å². The fraction of sp³-hybridized carbons (Fsp3) is 0.400. The topological polar surface area (TPSA) is 101 Å². The van der Waals surface area contributed by atoms with E-state index in [0.29, 0.717) is 11.2 Å². The van der Waals surface area contributed by atoms with Crippen LogP contribution in [0.5, 0.6) is 0 Å². The number of amides is 1. The highest BCUT2D eigenvalue weighted by atomic mass is 32.2. The molecule has 1 aromatic carbocycles. The van der Waals surface area contributed by atoms with E-state index in [1.807, 2.05) is 12.1 Å². The Balaban J connectivity index is 1.45. The van der Waals surface area contributed by atoms with Gasteiger partial charge in [-0.1, -0.05) is 23.4 Å². The minimum Gasteiger partial charge on any atom is -0.337 e. The van der Waals surface area contributed by atoms with Gasteiger partial charge in [0.1, 0.15) is 4.90 Å². The maximum absolute atomic E-state index is 13.1. The Kier molecular flexibility index (Phi) is 5.78. The number of carbonyl (C=O) groups is 1. The van der Waals surface area contributed by atoms with Gasteiger partial charge in [0, 0.05) is 38.3 Å². The van der Waals surface area contributed by atoms with Crippen molar-refractivity contribution in [1.82, 2.24) is 29.2 Å². The second-order valence-electron chi connectivity index (χ2n) is 7.38. The average Bonchev–Trinajstić information content (AvgIpc) is 3.26. The van der Waals surface area contributed by atoms with Crippen molar-refractivity contribution in [3.63, 3.8) is 0 Å². The Labute approximate surface area is 175 Å². The van der Waals surface area contributed by atoms with Crippen LogP contribution in [0.25, 0.3) is 10.9 Å². The lowest BCUT2D eigenvalue weighted by Gasteiger charge is -2.25. The molecule has 0 radical (unpaired) electrons. The van der Waals surface area contributed by atoms with E-state index in [9.17, 15) is 13.2 Å². The Morgan fingerprint density at radius 1 is 1.13 bits per heavy atom. The quantitative estimate of drug-likeness (QED) is 0.593. The van der Waals surface area contributed by atoms with Crippen molar-refractivity contribution < 1.29 is 13.2 Å². The van der Waals surface area contributed by atoms with Crippen molar-refractivity contribution in [1.29, 1.82) is 0 Å². The van der Waals surface area contributed by atoms with Crippen molar-refractivity contribution in [3.05, 3.63) is 48.4 Å². The molecule has 3 aromatic rings. The van der Waals surface area contributed by atoms with Crippen molar-refractivity contribution in [2.75, 3.05) is 26.7 Å². The van der Waals surface area contributed by atoms with E-state index in [4.69, 9.17) is 0 Å². The lowest BCUT2D eigenvalue weighted by Crippen LogP contribution is -2.35. The summed E-state index contributed by atoms with van der Waals surface area (Å²) in [5.74, 6) is -0.122. The highest BCUT2D eigenvalue weighted by Crippen LogP contribution is 2.23. The lowest BCUT2D eigenvalue weighted by molar-refractivity contribution is 0.0718. The van der Waals surface area contributed by atoms with E-state index in [0.717, 1.165) is 37.7 Å². The summed E-state index contributed by atoms with van der Waals surface area (Å²) in [7, 11) is -2.21. The van der Waals surface area contributed by atoms with Gasteiger partial charge in [-0.25, -0.2) is 8.42 Å². The van der Waals surface area contributed by atoms with Crippen LogP contribution < -0.4 is 0 Å². The summed E-state index contributed by atoms with van der Waals surface area (Å²) in [6, 6.07) is 8.71. The largest absolute Gasteiger partial charge is 0.337 e. The third-order valence-corrected chi connectivity index (χ3v) is 7.22. The van der Waals surface area contributed by atoms with Crippen molar-refractivity contribution >= 4 is 26.8 Å². The number of sulfonamides is 1. The molecule has 1 saturated heterocycles. The highest BCUT2D eigenvalue weighted by molar-refractivity contribution is 7.89. The van der Waals surface area contributed by atoms with Crippen LogP contribution in [0.3, 0.4) is 0 Å². The number of para-hydroxylation sites is 1. The molecule has 158 valence electrons. The van der Waals surface area contributed by atoms with Crippen LogP contribution in [0.4, 0.5) is 0 Å². The van der Waals surface area contributed by atoms with Crippen LogP contribution >= 0.6 is 0 Å². The number of carbonyl (C=O) groups excluding carboxylic acids is 1. The monoisotopic (exact) mass is 428 g/mol. The van der Waals surface area contributed by atoms with Gasteiger partial charge in [-0.2, -0.15) is 4.31 Å². The van der Waals surface area contributed by atoms with Crippen LogP contribution in [0, 0.1) is 0 Å². The predicted molar refractivity (Wildman–Crippen MR) is 111 cm³/mol. The third-order valence-electron chi connectivity index (χ3n) is 5.33. The smallest absolute Gasteiger partial charge is 0.276 e. The molecule has 0 aliphatic carbocycles. The van der Waals surface area contributed by atoms with E-state index in [-0.39, 0.29) is 23.9 Å². The second kappa shape index (κ2) is 8.49. The number of fused-ring (bicyclic) bond motifs is 1. The van der Waals surface area contributed by atoms with Crippen LogP contribution in [0.15, 0.2) is 47.6 Å². The number of hydrogen-bond donors (Lipinski definition) is 0. The summed E-state index contributed by atoms with van der Waals surface area (Å²) in [5, 5.41) is 8.74. The van der Waals surface area contributed by atoms with Gasteiger partial charge in [0.05, 0.1) is 18.3 Å². The molecule has 2 aromatic heterocycles. The molecule has 0 saturated carbocycles. The molecule has 1 amide bonds. The first kappa shape index (κ1) is 20.4. The third kappa shape index (κ3) is 4.05. The van der Waals surface area contributed by atoms with E-state index in [1.165, 1.54) is 16.0 Å². The molecule has 1 aliphatic heterocycles. The number of likely N-dealkylation sites (N-methyl/N-ethyl adjacent to an activating group) is 1. The Morgan fingerprint density at radius 2 is 1.90 bits per heavy atom. The molecule has 30 heavy (non-hydrogen) atoms. The number of aromatic nitrogens is 4. The Bertz CT molecular complexity index is 1150. The first-order valence-corrected chi connectivity index (χ1v) is 11.4. The highest BCUT2D eigenvalue weighted by Gasteiger charge is 2.24. The maximum Gasteiger partial charge on any atom is 0.276 e. The normalized spacial score (nSPS) is 15.1. The zero-order chi connectivity index (χ0) is 21.1. The van der Waals surface area contributed by atoms with Crippen molar-refractivity contribution in [2.45, 2.75) is 30.7 Å². The van der Waals surface area contributed by atoms with Gasteiger partial charge in [-0.15, -0.1) is 5.10 Å². The molecular formula is C20H24N6O3S. The van der Waals surface area contributed by atoms with E-state index in [1.54, 1.807) is 35.5 Å². The minimum atomic E-state index is -3.73. The molecular weight excluding hydrogens is 404 g/mol. The van der Waals surface area contributed by atoms with Crippen molar-refractivity contribution in [3.8, 4) is 0 Å². The first-order chi connectivity index (χ1) is 14.5. The standard InChI is InChI=1S/C20H24N6O3S/c1-24(30(28,29)18-9-5-7-16-8-6-10-21-19(16)18)13-14-26-15-17(22-23-26)20(27)25-11-3-2-4-12-25/h5-10,15H,2-4,11-14H2,1H3. The molecule has 0 spiro atoms. The Morgan fingerprint density at radius 3 is 2.70 bits per heavy atom. The number of rotatable bonds is 6. The summed E-state index contributed by atoms with van der Waals surface area (Å²) < 4.78 is 28.9. The summed E-state index contributed by atoms with van der Waals surface area (Å²) in [5.41, 5.74) is 0.739. The van der Waals surface area contributed by atoms with E-state index < -0.39 is 10.0 Å². The van der Waals surface area contributed by atoms with Crippen LogP contribution in [0.1, 0.15) is 29.8 Å². The number of pyridine rings is 1. The number of likely N-dealkylation sites (tertiary alicyclic amines) is 1. The second-order valence-corrected chi connectivity index (χ2v) is 9.39. The summed E-state index contributed by atoms with van der Waals surface area (Å²) in [4.78, 5) is 18.7. The molecule has 9 nitrogen and oxygen atoms in total.